The Morgan fingerprint density at radius 3 is 1.16 bits per heavy atom. The Balaban J connectivity index is 0.000000335. The summed E-state index contributed by atoms with van der Waals surface area (Å²) in [6, 6.07) is 0.511. The van der Waals surface area contributed by atoms with Gasteiger partial charge in [0.05, 0.1) is 6.04 Å². The van der Waals surface area contributed by atoms with Gasteiger partial charge >= 0.3 is 18.3 Å². The van der Waals surface area contributed by atoms with Crippen LogP contribution in [0.2, 0.25) is 0 Å². The van der Waals surface area contributed by atoms with Crippen molar-refractivity contribution < 1.29 is 28.6 Å². The topological polar surface area (TPSA) is 101 Å². The minimum atomic E-state index is -1.02. The molecule has 4 heterocycles. The third kappa shape index (κ3) is 18.8. The van der Waals surface area contributed by atoms with Gasteiger partial charge in [-0.1, -0.05) is 0 Å². The van der Waals surface area contributed by atoms with Gasteiger partial charge in [0.15, 0.2) is 0 Å². The normalized spacial score (nSPS) is 19.9. The molecule has 4 unspecified atom stereocenters. The Morgan fingerprint density at radius 1 is 0.444 bits per heavy atom. The molecule has 0 saturated carbocycles. The Morgan fingerprint density at radius 2 is 0.794 bits per heavy atom. The smallest absolute Gasteiger partial charge is 0.410 e. The number of hydrogen-bond acceptors (Lipinski definition) is 7. The van der Waals surface area contributed by atoms with Crippen molar-refractivity contribution >= 4 is 203 Å². The van der Waals surface area contributed by atoms with E-state index in [1.165, 1.54) is 6.42 Å². The molecule has 4 atom stereocenters. The third-order valence-corrected chi connectivity index (χ3v) is 11.5. The highest BCUT2D eigenvalue weighted by atomic mass is 16.6. The molecule has 4 rings (SSSR count). The van der Waals surface area contributed by atoms with Crippen LogP contribution in [-0.4, -0.2) is 286 Å². The van der Waals surface area contributed by atoms with Gasteiger partial charge in [-0.25, -0.2) is 14.4 Å². The maximum Gasteiger partial charge on any atom is 0.410 e. The maximum absolute atomic E-state index is 12.3. The van der Waals surface area contributed by atoms with Gasteiger partial charge in [0.1, 0.15) is 16.8 Å². The Labute approximate surface area is 404 Å². The standard InChI is InChI=1S/C16H28N2O4.C11H20N2O2.B26/c1-15(2,3)21-13(19)17-8-11-7-12(10-17)18(9-11)14(20)22-16(4,5)6;1-11(2,3)15-10(14)13-6-8-4-9(7-13)12-5-8;1-15(2)22(16(3)4)25(21(13)14)26(23(17(5)6)18(7)8)24(19(9)10)20(11)12/h11-12H,7-10H2,1-6H3;8-9,12H,4-7H2,1-3H3;. The van der Waals surface area contributed by atoms with Crippen LogP contribution >= 0.6 is 0 Å². The van der Waals surface area contributed by atoms with Crippen LogP contribution in [0, 0.1) is 11.8 Å². The molecule has 0 aliphatic carbocycles. The lowest BCUT2D eigenvalue weighted by Gasteiger charge is -2.48. The van der Waals surface area contributed by atoms with E-state index in [1.54, 1.807) is 9.80 Å². The summed E-state index contributed by atoms with van der Waals surface area (Å²) in [6.07, 6.45) is -9.47. The summed E-state index contributed by atoms with van der Waals surface area (Å²) >= 11 is 0. The van der Waals surface area contributed by atoms with Crippen molar-refractivity contribution in [1.29, 1.82) is 0 Å². The summed E-state index contributed by atoms with van der Waals surface area (Å²) in [5.41, 5.74) is -1.39. The van der Waals surface area contributed by atoms with Crippen LogP contribution in [0.15, 0.2) is 0 Å². The van der Waals surface area contributed by atoms with Crippen LogP contribution in [0.5, 0.6) is 0 Å². The van der Waals surface area contributed by atoms with Crippen molar-refractivity contribution in [3.63, 3.8) is 0 Å². The molecule has 1 N–H and O–H groups in total. The van der Waals surface area contributed by atoms with Crippen molar-refractivity contribution in [2.24, 2.45) is 11.8 Å². The van der Waals surface area contributed by atoms with Crippen LogP contribution < -0.4 is 5.32 Å². The number of carbonyl (C=O) groups excluding carboxylic acids is 3. The molecular formula is C27H48B26N4O6. The lowest BCUT2D eigenvalue weighted by atomic mass is 8.34. The van der Waals surface area contributed by atoms with E-state index in [4.69, 9.17) is 123 Å². The SMILES string of the molecule is CC(C)(C)OC(=O)N1CC2CC(C1)N(C(=O)OC(C)(C)C)C2.CC(C)(C)OC(=O)N1CC2CNC(C2)C1.[B]B([B])B(B([B])[B])B(B([B])[B])B(B(B([B])[B])B([B])[B])B(B([B])[B])B([B])[B]. The predicted octanol–water partition coefficient (Wildman–Crippen LogP) is -5.82. The highest BCUT2D eigenvalue weighted by molar-refractivity contribution is 8.25. The molecule has 63 heavy (non-hydrogen) atoms. The lowest BCUT2D eigenvalue weighted by Crippen LogP contribution is -2.86. The summed E-state index contributed by atoms with van der Waals surface area (Å²) < 4.78 is 16.2. The molecule has 0 aromatic carbocycles. The van der Waals surface area contributed by atoms with Crippen LogP contribution in [0.3, 0.4) is 0 Å². The Bertz CT molecular complexity index is 1400. The van der Waals surface area contributed by atoms with Gasteiger partial charge in [-0.05, 0) is 87.0 Å². The number of carbonyl (C=O) groups is 3. The second-order valence-corrected chi connectivity index (χ2v) is 20.8. The van der Waals surface area contributed by atoms with E-state index in [0.717, 1.165) is 26.1 Å². The lowest BCUT2D eigenvalue weighted by molar-refractivity contribution is 0.00936. The minimum absolute atomic E-state index is 0.0288. The fourth-order valence-corrected chi connectivity index (χ4v) is 9.14. The van der Waals surface area contributed by atoms with Gasteiger partial charge < -0.3 is 34.2 Å². The van der Waals surface area contributed by atoms with Crippen LogP contribution in [0.25, 0.3) is 0 Å². The number of amides is 3. The van der Waals surface area contributed by atoms with E-state index in [-0.39, 0.29) is 29.9 Å². The number of nitrogens with zero attached hydrogens (tertiary/aromatic N) is 3. The van der Waals surface area contributed by atoms with Gasteiger partial charge in [-0.2, -0.15) is 0 Å². The van der Waals surface area contributed by atoms with Crippen LogP contribution in [0.4, 0.5) is 14.4 Å². The van der Waals surface area contributed by atoms with Gasteiger partial charge in [-0.15, -0.1) is 0 Å². The van der Waals surface area contributed by atoms with Gasteiger partial charge in [0.2, 0.25) is 0 Å². The Kier molecular flexibility index (Phi) is 22.9. The molecule has 10 nitrogen and oxygen atoms in total. The number of ether oxygens (including phenoxy) is 3. The molecule has 4 aliphatic heterocycles. The molecule has 290 valence electrons. The van der Waals surface area contributed by atoms with E-state index in [1.807, 2.05) is 67.2 Å². The molecule has 36 heteroatoms. The summed E-state index contributed by atoms with van der Waals surface area (Å²) in [4.78, 5) is 41.6. The van der Waals surface area contributed by atoms with E-state index < -0.39 is 87.8 Å². The Hall–Kier alpha value is -0.542. The first-order valence-electron chi connectivity index (χ1n) is 21.9. The first kappa shape index (κ1) is 58.6. The zero-order valence-corrected chi connectivity index (χ0v) is 39.3. The molecule has 28 radical (unpaired) electrons. The largest absolute Gasteiger partial charge is 0.444 e. The van der Waals surface area contributed by atoms with E-state index in [2.05, 4.69) is 5.32 Å². The fourth-order valence-electron chi connectivity index (χ4n) is 9.14. The number of rotatable bonds is 11. The van der Waals surface area contributed by atoms with Crippen molar-refractivity contribution in [2.75, 3.05) is 39.3 Å². The van der Waals surface area contributed by atoms with Gasteiger partial charge in [-0.3, -0.25) is 0 Å². The summed E-state index contributed by atoms with van der Waals surface area (Å²) in [5.74, 6) is 0.926. The molecular weight excluding hydrogens is 757 g/mol. The number of nitrogens with one attached hydrogen (secondary N) is 1. The molecule has 0 aromatic rings. The number of piperidine rings is 2. The van der Waals surface area contributed by atoms with Crippen LogP contribution in [0.1, 0.15) is 75.2 Å². The monoisotopic (exact) mass is 811 g/mol. The molecule has 4 fully saturated rings. The second kappa shape index (κ2) is 24.7. The maximum atomic E-state index is 12.3. The average molecular weight is 806 g/mol. The van der Waals surface area contributed by atoms with Gasteiger partial charge in [0.25, 0.3) is 0 Å². The first-order chi connectivity index (χ1) is 28.6. The third-order valence-electron chi connectivity index (χ3n) is 11.5. The van der Waals surface area contributed by atoms with E-state index in [9.17, 15) is 14.4 Å². The van der Waals surface area contributed by atoms with E-state index >= 15 is 0 Å². The quantitative estimate of drug-likeness (QED) is 0.164. The fraction of sp³-hybridized carbons (Fsp3) is 0.889. The second-order valence-electron chi connectivity index (χ2n) is 20.8. The van der Waals surface area contributed by atoms with Crippen molar-refractivity contribution in [2.45, 2.75) is 104 Å². The summed E-state index contributed by atoms with van der Waals surface area (Å²) in [6.45, 7) is 21.4. The molecule has 0 spiro atoms. The molecule has 4 saturated heterocycles. The number of likely N-dealkylation sites (tertiary alicyclic amines) is 3. The molecule has 4 bridgehead atoms. The highest BCUT2D eigenvalue weighted by Crippen LogP contribution is 2.32. The predicted molar refractivity (Wildman–Crippen MR) is 290 cm³/mol. The number of hydrogen-bond donors (Lipinski definition) is 1. The minimum Gasteiger partial charge on any atom is -0.444 e. The zero-order chi connectivity index (χ0) is 48.7. The van der Waals surface area contributed by atoms with Crippen molar-refractivity contribution in [3.05, 3.63) is 0 Å². The summed E-state index contributed by atoms with van der Waals surface area (Å²) in [7, 11) is 82.9. The van der Waals surface area contributed by atoms with Crippen LogP contribution in [-0.2, 0) is 14.2 Å². The number of fused-ring (bicyclic) bond motifs is 4. The van der Waals surface area contributed by atoms with E-state index in [0.29, 0.717) is 37.5 Å². The molecule has 4 aliphatic rings. The molecule has 3 amide bonds. The zero-order valence-electron chi connectivity index (χ0n) is 39.3. The first-order valence-corrected chi connectivity index (χ1v) is 21.9. The highest BCUT2D eigenvalue weighted by Gasteiger charge is 2.50. The summed E-state index contributed by atoms with van der Waals surface area (Å²) in [5, 5.41) is 3.42. The van der Waals surface area contributed by atoms with Gasteiger partial charge in [0, 0.05) is 230 Å². The average Bonchev–Trinajstić information content (AvgIpc) is 3.58. The van der Waals surface area contributed by atoms with Crippen molar-refractivity contribution in [3.8, 4) is 0 Å². The molecule has 0 aromatic heterocycles. The van der Waals surface area contributed by atoms with Crippen molar-refractivity contribution in [1.82, 2.24) is 20.0 Å².